The van der Waals surface area contributed by atoms with Crippen LogP contribution in [0.2, 0.25) is 0 Å². The number of ether oxygens (including phenoxy) is 2. The summed E-state index contributed by atoms with van der Waals surface area (Å²) in [5, 5.41) is 2.84. The smallest absolute Gasteiger partial charge is 0.256 e. The number of rotatable bonds is 5. The van der Waals surface area contributed by atoms with Gasteiger partial charge in [0.25, 0.3) is 5.91 Å². The van der Waals surface area contributed by atoms with E-state index in [-0.39, 0.29) is 5.91 Å². The Kier molecular flexibility index (Phi) is 5.22. The highest BCUT2D eigenvalue weighted by Gasteiger charge is 2.11. The fourth-order valence-electron chi connectivity index (χ4n) is 1.86. The Morgan fingerprint density at radius 1 is 1.19 bits per heavy atom. The molecule has 0 aliphatic heterocycles. The summed E-state index contributed by atoms with van der Waals surface area (Å²) in [4.78, 5) is 12.2. The molecule has 0 bridgehead atoms. The molecule has 5 heteroatoms. The summed E-state index contributed by atoms with van der Waals surface area (Å²) in [5.41, 5.74) is 1.22. The van der Waals surface area contributed by atoms with Gasteiger partial charge in [-0.25, -0.2) is 0 Å². The summed E-state index contributed by atoms with van der Waals surface area (Å²) in [6.07, 6.45) is 0. The van der Waals surface area contributed by atoms with Crippen LogP contribution >= 0.6 is 15.9 Å². The molecule has 21 heavy (non-hydrogen) atoms. The van der Waals surface area contributed by atoms with E-state index in [1.165, 1.54) is 0 Å². The average molecular weight is 350 g/mol. The highest BCUT2D eigenvalue weighted by Crippen LogP contribution is 2.30. The molecule has 2 aromatic rings. The predicted molar refractivity (Wildman–Crippen MR) is 86.3 cm³/mol. The van der Waals surface area contributed by atoms with Gasteiger partial charge in [-0.05, 0) is 47.1 Å². The Bertz CT molecular complexity index is 643. The number of halogens is 1. The summed E-state index contributed by atoms with van der Waals surface area (Å²) in [7, 11) is 1.57. The highest BCUT2D eigenvalue weighted by atomic mass is 79.9. The first-order valence-electron chi connectivity index (χ1n) is 6.52. The molecule has 0 spiro atoms. The molecule has 1 N–H and O–H groups in total. The van der Waals surface area contributed by atoms with Gasteiger partial charge in [-0.1, -0.05) is 12.1 Å². The second-order valence-electron chi connectivity index (χ2n) is 4.23. The van der Waals surface area contributed by atoms with Gasteiger partial charge >= 0.3 is 0 Å². The monoisotopic (exact) mass is 349 g/mol. The second-order valence-corrected chi connectivity index (χ2v) is 5.09. The van der Waals surface area contributed by atoms with Crippen LogP contribution in [0.5, 0.6) is 11.5 Å². The van der Waals surface area contributed by atoms with Crippen LogP contribution in [0, 0.1) is 0 Å². The van der Waals surface area contributed by atoms with Crippen LogP contribution in [0.25, 0.3) is 0 Å². The van der Waals surface area contributed by atoms with Crippen LogP contribution in [0.3, 0.4) is 0 Å². The molecule has 0 fully saturated rings. The van der Waals surface area contributed by atoms with E-state index in [0.717, 1.165) is 4.47 Å². The van der Waals surface area contributed by atoms with Crippen molar-refractivity contribution < 1.29 is 14.3 Å². The van der Waals surface area contributed by atoms with Crippen molar-refractivity contribution in [2.45, 2.75) is 6.92 Å². The minimum atomic E-state index is -0.186. The lowest BCUT2D eigenvalue weighted by molar-refractivity contribution is 0.102. The highest BCUT2D eigenvalue weighted by molar-refractivity contribution is 9.10. The number of amides is 1. The van der Waals surface area contributed by atoms with Gasteiger partial charge in [0.05, 0.1) is 19.3 Å². The largest absolute Gasteiger partial charge is 0.493 e. The lowest BCUT2D eigenvalue weighted by atomic mass is 10.2. The zero-order valence-corrected chi connectivity index (χ0v) is 13.4. The summed E-state index contributed by atoms with van der Waals surface area (Å²) < 4.78 is 11.5. The zero-order chi connectivity index (χ0) is 15.2. The topological polar surface area (TPSA) is 47.6 Å². The molecule has 0 radical (unpaired) electrons. The Balaban J connectivity index is 2.20. The van der Waals surface area contributed by atoms with E-state index in [1.807, 2.05) is 25.1 Å². The molecule has 0 aliphatic rings. The van der Waals surface area contributed by atoms with E-state index in [2.05, 4.69) is 21.2 Å². The quantitative estimate of drug-likeness (QED) is 0.883. The van der Waals surface area contributed by atoms with Gasteiger partial charge in [-0.15, -0.1) is 0 Å². The van der Waals surface area contributed by atoms with Gasteiger partial charge in [-0.3, -0.25) is 4.79 Å². The third kappa shape index (κ3) is 3.76. The van der Waals surface area contributed by atoms with Gasteiger partial charge in [0.1, 0.15) is 0 Å². The van der Waals surface area contributed by atoms with Crippen molar-refractivity contribution >= 4 is 27.5 Å². The average Bonchev–Trinajstić information content (AvgIpc) is 2.49. The zero-order valence-electron chi connectivity index (χ0n) is 11.9. The van der Waals surface area contributed by atoms with Gasteiger partial charge in [0.15, 0.2) is 11.5 Å². The van der Waals surface area contributed by atoms with Crippen molar-refractivity contribution in [3.05, 3.63) is 52.5 Å². The minimum absolute atomic E-state index is 0.186. The Labute approximate surface area is 132 Å². The van der Waals surface area contributed by atoms with Crippen LogP contribution in [-0.2, 0) is 0 Å². The number of hydrogen-bond acceptors (Lipinski definition) is 3. The van der Waals surface area contributed by atoms with Gasteiger partial charge < -0.3 is 14.8 Å². The number of anilines is 1. The number of hydrogen-bond donors (Lipinski definition) is 1. The van der Waals surface area contributed by atoms with E-state index in [9.17, 15) is 4.79 Å². The first kappa shape index (κ1) is 15.4. The maximum Gasteiger partial charge on any atom is 0.256 e. The van der Waals surface area contributed by atoms with E-state index in [1.54, 1.807) is 31.4 Å². The molecule has 2 rings (SSSR count). The minimum Gasteiger partial charge on any atom is -0.493 e. The molecular weight excluding hydrogens is 334 g/mol. The van der Waals surface area contributed by atoms with Crippen LogP contribution in [0.1, 0.15) is 17.3 Å². The van der Waals surface area contributed by atoms with Crippen LogP contribution in [-0.4, -0.2) is 19.6 Å². The van der Waals surface area contributed by atoms with Crippen molar-refractivity contribution in [1.82, 2.24) is 0 Å². The molecule has 0 heterocycles. The fourth-order valence-corrected chi connectivity index (χ4v) is 2.33. The molecule has 110 valence electrons. The number of carbonyl (C=O) groups is 1. The van der Waals surface area contributed by atoms with Gasteiger partial charge in [-0.2, -0.15) is 0 Å². The molecule has 0 aliphatic carbocycles. The second kappa shape index (κ2) is 7.13. The molecule has 2 aromatic carbocycles. The molecule has 0 saturated carbocycles. The van der Waals surface area contributed by atoms with Crippen molar-refractivity contribution in [3.63, 3.8) is 0 Å². The van der Waals surface area contributed by atoms with E-state index in [0.29, 0.717) is 29.4 Å². The first-order chi connectivity index (χ1) is 10.2. The molecule has 0 atom stereocenters. The maximum atomic E-state index is 12.2. The first-order valence-corrected chi connectivity index (χ1v) is 7.31. The van der Waals surface area contributed by atoms with E-state index in [4.69, 9.17) is 9.47 Å². The Morgan fingerprint density at radius 3 is 2.62 bits per heavy atom. The molecule has 0 aromatic heterocycles. The molecule has 0 saturated heterocycles. The summed E-state index contributed by atoms with van der Waals surface area (Å²) >= 11 is 3.37. The number of nitrogens with one attached hydrogen (secondary N) is 1. The Morgan fingerprint density at radius 2 is 1.95 bits per heavy atom. The molecule has 4 nitrogen and oxygen atoms in total. The van der Waals surface area contributed by atoms with Crippen molar-refractivity contribution in [2.75, 3.05) is 19.0 Å². The van der Waals surface area contributed by atoms with E-state index < -0.39 is 0 Å². The summed E-state index contributed by atoms with van der Waals surface area (Å²) in [5.74, 6) is 1.05. The molecule has 0 unspecified atom stereocenters. The third-order valence-electron chi connectivity index (χ3n) is 2.84. The predicted octanol–water partition coefficient (Wildman–Crippen LogP) is 4.11. The molecule has 1 amide bonds. The normalized spacial score (nSPS) is 10.0. The van der Waals surface area contributed by atoms with Crippen LogP contribution in [0.4, 0.5) is 5.69 Å². The summed E-state index contributed by atoms with van der Waals surface area (Å²) in [6.45, 7) is 2.46. The summed E-state index contributed by atoms with van der Waals surface area (Å²) in [6, 6.07) is 12.6. The lowest BCUT2D eigenvalue weighted by Gasteiger charge is -2.12. The number of benzene rings is 2. The van der Waals surface area contributed by atoms with Crippen molar-refractivity contribution in [1.29, 1.82) is 0 Å². The van der Waals surface area contributed by atoms with Gasteiger partial charge in [0, 0.05) is 16.2 Å². The third-order valence-corrected chi connectivity index (χ3v) is 3.53. The van der Waals surface area contributed by atoms with Gasteiger partial charge in [0.2, 0.25) is 0 Å². The maximum absolute atomic E-state index is 12.2. The SMILES string of the molecule is CCOc1ccc(NC(=O)c2ccccc2Br)cc1OC. The van der Waals surface area contributed by atoms with Crippen LogP contribution in [0.15, 0.2) is 46.9 Å². The fraction of sp³-hybridized carbons (Fsp3) is 0.188. The Hall–Kier alpha value is -2.01. The lowest BCUT2D eigenvalue weighted by Crippen LogP contribution is -2.12. The molecular formula is C16H16BrNO3. The number of carbonyl (C=O) groups excluding carboxylic acids is 1. The van der Waals surface area contributed by atoms with Crippen LogP contribution < -0.4 is 14.8 Å². The van der Waals surface area contributed by atoms with Crippen molar-refractivity contribution in [2.24, 2.45) is 0 Å². The number of methoxy groups -OCH3 is 1. The van der Waals surface area contributed by atoms with Crippen molar-refractivity contribution in [3.8, 4) is 11.5 Å². The standard InChI is InChI=1S/C16H16BrNO3/c1-3-21-14-9-8-11(10-15(14)20-2)18-16(19)12-6-4-5-7-13(12)17/h4-10H,3H2,1-2H3,(H,18,19). The van der Waals surface area contributed by atoms with E-state index >= 15 is 0 Å².